The van der Waals surface area contributed by atoms with Crippen LogP contribution in [0.15, 0.2) is 0 Å². The summed E-state index contributed by atoms with van der Waals surface area (Å²) >= 11 is 0. The summed E-state index contributed by atoms with van der Waals surface area (Å²) in [6.07, 6.45) is 0.124. The van der Waals surface area contributed by atoms with Gasteiger partial charge in [0.25, 0.3) is 0 Å². The summed E-state index contributed by atoms with van der Waals surface area (Å²) in [4.78, 5) is 10.3. The van der Waals surface area contributed by atoms with Gasteiger partial charge in [0.2, 0.25) is 0 Å². The van der Waals surface area contributed by atoms with Crippen LogP contribution in [0.3, 0.4) is 0 Å². The standard InChI is InChI=1S/C6H8O4/c7-5(8)4-6(10-4)1-2-9-3-6/h4H,1-3H2,(H,7,8). The van der Waals surface area contributed by atoms with Gasteiger partial charge in [-0.3, -0.25) is 0 Å². The summed E-state index contributed by atoms with van der Waals surface area (Å²) in [7, 11) is 0. The Kier molecular flexibility index (Phi) is 1.04. The molecule has 0 bridgehead atoms. The fourth-order valence-corrected chi connectivity index (χ4v) is 1.34. The first-order valence-electron chi connectivity index (χ1n) is 3.23. The van der Waals surface area contributed by atoms with Crippen LogP contribution in [-0.2, 0) is 14.3 Å². The molecule has 10 heavy (non-hydrogen) atoms. The van der Waals surface area contributed by atoms with Crippen molar-refractivity contribution in [1.82, 2.24) is 0 Å². The van der Waals surface area contributed by atoms with Gasteiger partial charge < -0.3 is 14.6 Å². The number of epoxide rings is 1. The van der Waals surface area contributed by atoms with Gasteiger partial charge in [0.1, 0.15) is 5.60 Å². The van der Waals surface area contributed by atoms with E-state index in [-0.39, 0.29) is 0 Å². The molecule has 1 spiro atoms. The number of ether oxygens (including phenoxy) is 2. The summed E-state index contributed by atoms with van der Waals surface area (Å²) in [5, 5.41) is 8.50. The Morgan fingerprint density at radius 3 is 2.90 bits per heavy atom. The van der Waals surface area contributed by atoms with Crippen LogP contribution in [0.2, 0.25) is 0 Å². The van der Waals surface area contributed by atoms with Gasteiger partial charge in [-0.25, -0.2) is 4.79 Å². The third kappa shape index (κ3) is 0.660. The van der Waals surface area contributed by atoms with E-state index >= 15 is 0 Å². The van der Waals surface area contributed by atoms with Crippen molar-refractivity contribution in [2.45, 2.75) is 18.1 Å². The molecular formula is C6H8O4. The van der Waals surface area contributed by atoms with Crippen molar-refractivity contribution in [3.05, 3.63) is 0 Å². The number of rotatable bonds is 1. The second kappa shape index (κ2) is 1.71. The molecule has 0 aliphatic carbocycles. The fourth-order valence-electron chi connectivity index (χ4n) is 1.34. The summed E-state index contributed by atoms with van der Waals surface area (Å²) in [5.74, 6) is -0.870. The van der Waals surface area contributed by atoms with Crippen LogP contribution in [0.1, 0.15) is 6.42 Å². The summed E-state index contributed by atoms with van der Waals surface area (Å²) in [6.45, 7) is 1.08. The molecule has 0 aromatic rings. The molecule has 2 atom stereocenters. The lowest BCUT2D eigenvalue weighted by Crippen LogP contribution is -2.20. The number of hydrogen-bond donors (Lipinski definition) is 1. The molecule has 4 heteroatoms. The highest BCUT2D eigenvalue weighted by atomic mass is 16.7. The van der Waals surface area contributed by atoms with Gasteiger partial charge in [-0.15, -0.1) is 0 Å². The second-order valence-corrected chi connectivity index (χ2v) is 2.70. The van der Waals surface area contributed by atoms with Crippen LogP contribution in [0, 0.1) is 0 Å². The lowest BCUT2D eigenvalue weighted by molar-refractivity contribution is -0.138. The Hall–Kier alpha value is -0.610. The van der Waals surface area contributed by atoms with Crippen molar-refractivity contribution in [2.75, 3.05) is 13.2 Å². The molecule has 0 amide bonds. The van der Waals surface area contributed by atoms with E-state index in [9.17, 15) is 4.79 Å². The van der Waals surface area contributed by atoms with Gasteiger partial charge in [-0.1, -0.05) is 0 Å². The van der Waals surface area contributed by atoms with E-state index in [4.69, 9.17) is 14.6 Å². The number of carboxylic acid groups (broad SMARTS) is 1. The zero-order valence-corrected chi connectivity index (χ0v) is 5.37. The number of carbonyl (C=O) groups is 1. The largest absolute Gasteiger partial charge is 0.479 e. The molecule has 2 heterocycles. The third-order valence-electron chi connectivity index (χ3n) is 2.01. The predicted octanol–water partition coefficient (Wildman–Crippen LogP) is -0.371. The average molecular weight is 144 g/mol. The van der Waals surface area contributed by atoms with Gasteiger partial charge in [0.05, 0.1) is 6.61 Å². The molecule has 2 aliphatic rings. The van der Waals surface area contributed by atoms with Crippen LogP contribution in [-0.4, -0.2) is 36.0 Å². The molecule has 1 N–H and O–H groups in total. The van der Waals surface area contributed by atoms with Crippen LogP contribution in [0.4, 0.5) is 0 Å². The lowest BCUT2D eigenvalue weighted by Gasteiger charge is -1.94. The quantitative estimate of drug-likeness (QED) is 0.510. The summed E-state index contributed by atoms with van der Waals surface area (Å²) in [6, 6.07) is 0. The van der Waals surface area contributed by atoms with Gasteiger partial charge in [0.15, 0.2) is 6.10 Å². The van der Waals surface area contributed by atoms with Crippen molar-refractivity contribution in [2.24, 2.45) is 0 Å². The summed E-state index contributed by atoms with van der Waals surface area (Å²) < 4.78 is 10.0. The Morgan fingerprint density at radius 1 is 1.70 bits per heavy atom. The molecule has 2 rings (SSSR count). The van der Waals surface area contributed by atoms with Crippen molar-refractivity contribution < 1.29 is 19.4 Å². The monoisotopic (exact) mass is 144 g/mol. The highest BCUT2D eigenvalue weighted by Crippen LogP contribution is 2.43. The van der Waals surface area contributed by atoms with Crippen molar-refractivity contribution >= 4 is 5.97 Å². The zero-order chi connectivity index (χ0) is 7.19. The Labute approximate surface area is 57.7 Å². The van der Waals surface area contributed by atoms with E-state index in [2.05, 4.69) is 0 Å². The summed E-state index contributed by atoms with van der Waals surface area (Å²) in [5.41, 5.74) is -0.439. The molecule has 0 radical (unpaired) electrons. The fraction of sp³-hybridized carbons (Fsp3) is 0.833. The van der Waals surface area contributed by atoms with E-state index in [1.54, 1.807) is 0 Å². The molecule has 0 aromatic heterocycles. The van der Waals surface area contributed by atoms with Crippen LogP contribution >= 0.6 is 0 Å². The number of hydrogen-bond acceptors (Lipinski definition) is 3. The maximum Gasteiger partial charge on any atom is 0.336 e. The lowest BCUT2D eigenvalue weighted by atomic mass is 10.1. The molecule has 2 unspecified atom stereocenters. The number of aliphatic carboxylic acids is 1. The van der Waals surface area contributed by atoms with Crippen LogP contribution in [0.5, 0.6) is 0 Å². The average Bonchev–Trinajstić information content (AvgIpc) is 2.32. The van der Waals surface area contributed by atoms with E-state index in [1.165, 1.54) is 0 Å². The van der Waals surface area contributed by atoms with Gasteiger partial charge >= 0.3 is 5.97 Å². The smallest absolute Gasteiger partial charge is 0.336 e. The van der Waals surface area contributed by atoms with E-state index in [0.717, 1.165) is 6.42 Å². The van der Waals surface area contributed by atoms with Crippen LogP contribution < -0.4 is 0 Å². The third-order valence-corrected chi connectivity index (χ3v) is 2.01. The Bertz CT molecular complexity index is 171. The molecule has 0 aromatic carbocycles. The molecule has 4 nitrogen and oxygen atoms in total. The molecular weight excluding hydrogens is 136 g/mol. The van der Waals surface area contributed by atoms with Crippen molar-refractivity contribution in [3.8, 4) is 0 Å². The predicted molar refractivity (Wildman–Crippen MR) is 30.7 cm³/mol. The zero-order valence-electron chi connectivity index (χ0n) is 5.37. The molecule has 0 saturated carbocycles. The van der Waals surface area contributed by atoms with E-state index in [0.29, 0.717) is 13.2 Å². The first-order valence-corrected chi connectivity index (χ1v) is 3.23. The molecule has 2 aliphatic heterocycles. The van der Waals surface area contributed by atoms with Gasteiger partial charge in [-0.05, 0) is 0 Å². The topological polar surface area (TPSA) is 59.1 Å². The van der Waals surface area contributed by atoms with Crippen molar-refractivity contribution in [1.29, 1.82) is 0 Å². The van der Waals surface area contributed by atoms with E-state index in [1.807, 2.05) is 0 Å². The molecule has 2 saturated heterocycles. The minimum absolute atomic E-state index is 0.439. The first-order chi connectivity index (χ1) is 4.75. The second-order valence-electron chi connectivity index (χ2n) is 2.70. The van der Waals surface area contributed by atoms with Crippen LogP contribution in [0.25, 0.3) is 0 Å². The van der Waals surface area contributed by atoms with Gasteiger partial charge in [-0.2, -0.15) is 0 Å². The SMILES string of the molecule is O=C(O)C1OC12CCOC2. The minimum atomic E-state index is -0.870. The highest BCUT2D eigenvalue weighted by molar-refractivity contribution is 5.77. The van der Waals surface area contributed by atoms with E-state index < -0.39 is 17.7 Å². The van der Waals surface area contributed by atoms with Gasteiger partial charge in [0, 0.05) is 13.0 Å². The van der Waals surface area contributed by atoms with Crippen molar-refractivity contribution in [3.63, 3.8) is 0 Å². The highest BCUT2D eigenvalue weighted by Gasteiger charge is 2.63. The Morgan fingerprint density at radius 2 is 2.50 bits per heavy atom. The Balaban J connectivity index is 2.04. The maximum atomic E-state index is 10.3. The normalized spacial score (nSPS) is 44.2. The number of carboxylic acids is 1. The molecule has 2 fully saturated rings. The first kappa shape index (κ1) is 6.12. The molecule has 56 valence electrons. The minimum Gasteiger partial charge on any atom is -0.479 e. The maximum absolute atomic E-state index is 10.3.